The molecule has 11 aromatic rings. The molecule has 0 atom stereocenters. The van der Waals surface area contributed by atoms with Gasteiger partial charge in [-0.2, -0.15) is 9.97 Å². The molecule has 0 saturated carbocycles. The van der Waals surface area contributed by atoms with E-state index in [1.165, 1.54) is 4.57 Å². The van der Waals surface area contributed by atoms with Gasteiger partial charge in [0.05, 0.1) is 29.4 Å². The maximum atomic E-state index is 9.42. The lowest BCUT2D eigenvalue weighted by atomic mass is 10.0. The maximum Gasteiger partial charge on any atom is 0.238 e. The Morgan fingerprint density at radius 1 is 0.510 bits per heavy atom. The summed E-state index contributed by atoms with van der Waals surface area (Å²) in [5.41, 5.74) is 4.67. The van der Waals surface area contributed by atoms with Crippen LogP contribution < -0.4 is 0 Å². The second-order valence-electron chi connectivity index (χ2n) is 12.1. The number of hydrogen-bond donors (Lipinski definition) is 0. The van der Waals surface area contributed by atoms with Crippen LogP contribution in [0.25, 0.3) is 104 Å². The molecule has 0 aliphatic heterocycles. The highest BCUT2D eigenvalue weighted by atomic mass is 32.1. The number of nitrogens with zero attached hydrogens (tertiary/aromatic N) is 4. The molecule has 0 amide bonds. The summed E-state index contributed by atoms with van der Waals surface area (Å²) in [5, 5.41) is 1.87. The number of hydrogen-bond acceptors (Lipinski definition) is 5. The molecule has 0 bridgehead atoms. The Morgan fingerprint density at radius 3 is 2.06 bits per heavy atom. The molecule has 0 aliphatic carbocycles. The van der Waals surface area contributed by atoms with Gasteiger partial charge in [-0.05, 0) is 47.5 Å². The van der Waals surface area contributed by atoms with Crippen LogP contribution in [0.15, 0.2) is 162 Å². The van der Waals surface area contributed by atoms with Crippen molar-refractivity contribution >= 4 is 75.3 Å². The molecule has 0 fully saturated rings. The van der Waals surface area contributed by atoms with Crippen LogP contribution in [0.5, 0.6) is 0 Å². The smallest absolute Gasteiger partial charge is 0.238 e. The van der Waals surface area contributed by atoms with Gasteiger partial charge in [-0.3, -0.25) is 4.57 Å². The van der Waals surface area contributed by atoms with E-state index in [9.17, 15) is 4.11 Å². The minimum Gasteiger partial charge on any atom is -0.456 e. The average Bonchev–Trinajstić information content (AvgIpc) is 3.99. The fraction of sp³-hybridized carbons (Fsp3) is 0. The van der Waals surface area contributed by atoms with Gasteiger partial charge in [-0.25, -0.2) is 4.98 Å². The summed E-state index contributed by atoms with van der Waals surface area (Å²) >= 11 is 0.993. The van der Waals surface area contributed by atoms with Crippen molar-refractivity contribution in [3.05, 3.63) is 157 Å². The summed E-state index contributed by atoms with van der Waals surface area (Å²) in [6.45, 7) is 0. The summed E-state index contributed by atoms with van der Waals surface area (Å²) < 4.78 is 97.2. The molecule has 11 rings (SSSR count). The van der Waals surface area contributed by atoms with Crippen LogP contribution >= 0.6 is 11.3 Å². The SMILES string of the molecule is [2H]c1c([2H])c([2H])c2c(sc3c2c([2H])c([2H])c2c4c([2H])c([2H])c([2H])c([2H])c4n(-c4nc(-c5ccc(-c6ccccc6)cc5)nc(-c5ccc6oc7ccccc7c6c5)n4)c32)c1[2H]. The molecule has 0 unspecified atom stereocenters. The minimum absolute atomic E-state index is 0.0274. The van der Waals surface area contributed by atoms with Gasteiger partial charge in [0.25, 0.3) is 0 Å². The molecule has 0 N–H and O–H groups in total. The summed E-state index contributed by atoms with van der Waals surface area (Å²) in [5.74, 6) is 0.415. The summed E-state index contributed by atoms with van der Waals surface area (Å²) in [4.78, 5) is 15.0. The van der Waals surface area contributed by atoms with E-state index in [4.69, 9.17) is 29.0 Å². The van der Waals surface area contributed by atoms with Gasteiger partial charge in [-0.15, -0.1) is 11.3 Å². The topological polar surface area (TPSA) is 56.7 Å². The number of furan rings is 1. The third-order valence-corrected chi connectivity index (χ3v) is 10.3. The Kier molecular flexibility index (Phi) is 4.32. The maximum absolute atomic E-state index is 9.42. The Morgan fingerprint density at radius 2 is 1.18 bits per heavy atom. The van der Waals surface area contributed by atoms with Crippen LogP contribution in [-0.2, 0) is 0 Å². The van der Waals surface area contributed by atoms with Crippen molar-refractivity contribution in [3.63, 3.8) is 0 Å². The van der Waals surface area contributed by atoms with Crippen molar-refractivity contribution in [1.29, 1.82) is 0 Å². The van der Waals surface area contributed by atoms with Gasteiger partial charge in [0.2, 0.25) is 5.95 Å². The first-order valence-electron chi connectivity index (χ1n) is 21.1. The van der Waals surface area contributed by atoms with E-state index in [0.29, 0.717) is 22.3 Å². The molecular formula is C45H26N4OS. The predicted molar refractivity (Wildman–Crippen MR) is 211 cm³/mol. The first kappa shape index (κ1) is 20.1. The fourth-order valence-corrected chi connectivity index (χ4v) is 7.90. The second-order valence-corrected chi connectivity index (χ2v) is 13.1. The van der Waals surface area contributed by atoms with Crippen molar-refractivity contribution in [2.45, 2.75) is 0 Å². The highest BCUT2D eigenvalue weighted by Gasteiger charge is 2.21. The van der Waals surface area contributed by atoms with Crippen molar-refractivity contribution in [2.75, 3.05) is 0 Å². The first-order chi connectivity index (χ1) is 29.4. The zero-order valence-electron chi connectivity index (χ0n) is 36.3. The highest BCUT2D eigenvalue weighted by Crippen LogP contribution is 2.43. The lowest BCUT2D eigenvalue weighted by molar-refractivity contribution is 0.669. The van der Waals surface area contributed by atoms with E-state index in [2.05, 4.69) is 0 Å². The molecule has 4 aromatic heterocycles. The van der Waals surface area contributed by atoms with Gasteiger partial charge >= 0.3 is 0 Å². The number of rotatable bonds is 4. The number of thiophene rings is 1. The highest BCUT2D eigenvalue weighted by molar-refractivity contribution is 7.26. The zero-order chi connectivity index (χ0) is 42.2. The third-order valence-electron chi connectivity index (χ3n) is 9.17. The third kappa shape index (κ3) is 4.37. The Balaban J connectivity index is 1.29. The normalized spacial score (nSPS) is 14.7. The standard InChI is InChI=1S/C45H26N4OS/c1-2-10-27(11-3-1)28-18-20-29(21-19-28)43-46-44(30-22-25-39-36(26-30)32-13-5-8-16-38(32)50-39)48-45(47-43)49-37-15-7-4-12-31(37)34-23-24-35-33-14-6-9-17-40(33)51-42(35)41(34)49/h1-26H/i4D,6D,7D,9D,12D,14D,15D,17D,23D,24D. The van der Waals surface area contributed by atoms with Crippen LogP contribution in [0, 0.1) is 0 Å². The number of fused-ring (bicyclic) bond motifs is 10. The molecule has 0 radical (unpaired) electrons. The van der Waals surface area contributed by atoms with Crippen LogP contribution in [0.4, 0.5) is 0 Å². The number of para-hydroxylation sites is 2. The van der Waals surface area contributed by atoms with E-state index >= 15 is 0 Å². The van der Waals surface area contributed by atoms with Gasteiger partial charge in [-0.1, -0.05) is 121 Å². The molecule has 238 valence electrons. The van der Waals surface area contributed by atoms with Crippen molar-refractivity contribution < 1.29 is 18.1 Å². The molecule has 7 aromatic carbocycles. The van der Waals surface area contributed by atoms with E-state index in [1.807, 2.05) is 97.1 Å². The molecule has 51 heavy (non-hydrogen) atoms. The summed E-state index contributed by atoms with van der Waals surface area (Å²) in [7, 11) is 0. The summed E-state index contributed by atoms with van der Waals surface area (Å²) in [6.07, 6.45) is 0. The van der Waals surface area contributed by atoms with Gasteiger partial charge in [0.15, 0.2) is 11.6 Å². The van der Waals surface area contributed by atoms with E-state index in [0.717, 1.165) is 33.2 Å². The molecule has 0 saturated heterocycles. The lowest BCUT2D eigenvalue weighted by Crippen LogP contribution is -2.06. The van der Waals surface area contributed by atoms with Crippen molar-refractivity contribution in [2.24, 2.45) is 0 Å². The van der Waals surface area contributed by atoms with Gasteiger partial charge in [0.1, 0.15) is 11.2 Å². The molecule has 4 heterocycles. The Labute approximate surface area is 309 Å². The molecule has 0 aliphatic rings. The number of benzene rings is 7. The second kappa shape index (κ2) is 10.9. The van der Waals surface area contributed by atoms with Gasteiger partial charge < -0.3 is 4.42 Å². The van der Waals surface area contributed by atoms with Crippen molar-refractivity contribution in [1.82, 2.24) is 19.5 Å². The van der Waals surface area contributed by atoms with Crippen LogP contribution in [-0.4, -0.2) is 19.5 Å². The predicted octanol–water partition coefficient (Wildman–Crippen LogP) is 12.2. The Hall–Kier alpha value is -6.63. The minimum atomic E-state index is -0.533. The van der Waals surface area contributed by atoms with E-state index in [-0.39, 0.29) is 83.7 Å². The fourth-order valence-electron chi connectivity index (χ4n) is 6.80. The van der Waals surface area contributed by atoms with E-state index in [1.54, 1.807) is 0 Å². The van der Waals surface area contributed by atoms with Crippen molar-refractivity contribution in [3.8, 4) is 39.9 Å². The molecular weight excluding hydrogens is 645 g/mol. The number of aromatic nitrogens is 4. The molecule has 6 heteroatoms. The lowest BCUT2D eigenvalue weighted by Gasteiger charge is -2.12. The monoisotopic (exact) mass is 680 g/mol. The molecule has 0 spiro atoms. The van der Waals surface area contributed by atoms with E-state index < -0.39 is 36.3 Å². The van der Waals surface area contributed by atoms with Crippen LogP contribution in [0.1, 0.15) is 13.7 Å². The first-order valence-corrected chi connectivity index (χ1v) is 16.9. The Bertz CT molecular complexity index is 3720. The van der Waals surface area contributed by atoms with Crippen LogP contribution in [0.2, 0.25) is 0 Å². The summed E-state index contributed by atoms with van der Waals surface area (Å²) in [6, 6.07) is 26.5. The molecule has 5 nitrogen and oxygen atoms in total. The van der Waals surface area contributed by atoms with Gasteiger partial charge in [0, 0.05) is 48.1 Å². The average molecular weight is 681 g/mol. The zero-order valence-corrected chi connectivity index (χ0v) is 27.2. The largest absolute Gasteiger partial charge is 0.456 e. The quantitative estimate of drug-likeness (QED) is 0.186. The van der Waals surface area contributed by atoms with Crippen LogP contribution in [0.3, 0.4) is 0 Å².